The SMILES string of the molecule is CN(C)Cc1ccc(Nc2ccc(N)c3c2C(=O)c2ccccc2C3=O)cc1.Cc1c(N)c2c(c(N)c1Oc1ccccc1)C(=O)c1ccccc1C2=O.Cc1ccc(Nc2cccc3c2C(=O)c2cccc(Nc4ccc(C)cc4S(=O)(=O)[O-])c2C3=O)c(SOO[O-])c1.Nc1ccc(N)c2c1C(=O)c1c(N)ccc(N)c1C2=O.Nc1ccc(N)c2c1C(=O)c1c(N)ccc(NCCO)c1C2=O.[Na+].[Na+]. The zero-order valence-corrected chi connectivity index (χ0v) is 81.2. The van der Waals surface area contributed by atoms with Crippen LogP contribution in [0.25, 0.3) is 0 Å². The van der Waals surface area contributed by atoms with Gasteiger partial charge in [-0.1, -0.05) is 115 Å². The van der Waals surface area contributed by atoms with E-state index in [0.717, 1.165) is 17.8 Å². The van der Waals surface area contributed by atoms with Crippen molar-refractivity contribution in [1.29, 1.82) is 0 Å². The molecule has 139 heavy (non-hydrogen) atoms. The average Bonchev–Trinajstić information content (AvgIpc) is 0.740. The Hall–Kier alpha value is -15.2. The largest absolute Gasteiger partial charge is 1.00 e. The van der Waals surface area contributed by atoms with Crippen LogP contribution in [0, 0.1) is 20.8 Å². The molecule has 0 heterocycles. The molecule has 0 spiro atoms. The van der Waals surface area contributed by atoms with Gasteiger partial charge in [0.15, 0.2) is 63.6 Å². The van der Waals surface area contributed by atoms with E-state index in [0.29, 0.717) is 95.8 Å². The fourth-order valence-corrected chi connectivity index (χ4v) is 17.9. The first-order valence-electron chi connectivity index (χ1n) is 41.9. The maximum atomic E-state index is 13.8. The topological polar surface area (TPSA) is 610 Å². The Morgan fingerprint density at radius 2 is 0.705 bits per heavy atom. The molecule has 0 amide bonds. The third-order valence-corrected chi connectivity index (χ3v) is 24.6. The van der Waals surface area contributed by atoms with Gasteiger partial charge in [-0.3, -0.25) is 53.0 Å². The summed E-state index contributed by atoms with van der Waals surface area (Å²) in [4.78, 5) is 133. The summed E-state index contributed by atoms with van der Waals surface area (Å²) in [5.74, 6) is -2.74. The van der Waals surface area contributed by atoms with E-state index in [1.54, 1.807) is 129 Å². The van der Waals surface area contributed by atoms with Crippen molar-refractivity contribution in [2.75, 3.05) is 106 Å². The van der Waals surface area contributed by atoms with Crippen LogP contribution in [-0.2, 0) is 26.0 Å². The van der Waals surface area contributed by atoms with Gasteiger partial charge in [0.25, 0.3) is 0 Å². The minimum atomic E-state index is -4.83. The molecule has 0 unspecified atom stereocenters. The minimum Gasteiger partial charge on any atom is -0.744 e. The zero-order chi connectivity index (χ0) is 98.2. The van der Waals surface area contributed by atoms with Crippen LogP contribution in [0.1, 0.15) is 181 Å². The Labute approximate surface area is 843 Å². The second-order valence-electron chi connectivity index (χ2n) is 32.3. The normalized spacial score (nSPS) is 12.5. The summed E-state index contributed by atoms with van der Waals surface area (Å²) in [5.41, 5.74) is 71.2. The number of nitrogens with two attached hydrogens (primary N) is 10. The number of anilines is 17. The standard InChI is InChI=1S/C28H22N2O8S2.C23H21N3O2.C21H16N2O3.C16H16N4O3.C14H12N4O2.2Na/c1-15-9-11-19(23(13-15)39-38-37-33)29-21-7-3-5-17-25(21)27(31)18-6-4-8-22(26(18)28(17)32)30-20-12-10-16(2)14-24(20)40(34,35)36;1-26(2)13-14-7-9-15(10-8-14)25-19-12-11-18(24)20-21(19)23(28)17-6-4-3-5-16(17)22(20)27;1-11-17(22)15-16(18(23)21(11)26-12-7-3-2-4-8-12)20(25)14-10-6-5-9-13(14)19(15)24;17-7-1-2-8(18)12-11(7)15(22)13-9(19)3-4-10(20-5-6-21)14(13)16(12)23;15-5-1-2-6(16)10-9(5)13(19)11-7(17)3-4-8(18)12(11)14(10)20;;/h3-14,29-30,33H,1-2H3,(H,34,35,36);3-12,25H,13,24H2,1-2H3;2-10H,22-23H2,1H3;1-4,20-21H,5-6,17-19H2;1-4H,15-18H2;;/q;;;;;2*+1/p-2. The quantitative estimate of drug-likeness (QED) is 0.0104. The minimum absolute atomic E-state index is 0. The van der Waals surface area contributed by atoms with Gasteiger partial charge < -0.3 is 103 Å². The van der Waals surface area contributed by atoms with E-state index >= 15 is 0 Å². The molecule has 0 fully saturated rings. The molecule has 0 bridgehead atoms. The number of ketones is 10. The predicted octanol–water partition coefficient (Wildman–Crippen LogP) is 7.69. The fourth-order valence-electron chi connectivity index (χ4n) is 16.7. The Morgan fingerprint density at radius 1 is 0.360 bits per heavy atom. The molecule has 0 atom stereocenters. The molecule has 33 nitrogen and oxygen atoms in total. The molecule has 25 N–H and O–H groups in total. The molecule has 0 saturated heterocycles. The van der Waals surface area contributed by atoms with Crippen LogP contribution in [0.3, 0.4) is 0 Å². The number of para-hydroxylation sites is 1. The number of nitrogens with one attached hydrogen (secondary N) is 4. The van der Waals surface area contributed by atoms with Gasteiger partial charge >= 0.3 is 59.1 Å². The first-order valence-corrected chi connectivity index (χ1v) is 44.0. The van der Waals surface area contributed by atoms with E-state index in [-0.39, 0.29) is 241 Å². The molecule has 19 rings (SSSR count). The number of benzene rings is 14. The van der Waals surface area contributed by atoms with Crippen LogP contribution in [0.4, 0.5) is 96.7 Å². The molecule has 690 valence electrons. The van der Waals surface area contributed by atoms with Crippen molar-refractivity contribution in [1.82, 2.24) is 4.90 Å². The number of carbonyl (C=O) groups excluding carboxylic acids is 10. The molecule has 14 aromatic rings. The number of nitrogen functional groups attached to an aromatic ring is 10. The average molecular weight is 1920 g/mol. The van der Waals surface area contributed by atoms with E-state index in [4.69, 9.17) is 67.2 Å². The number of aliphatic hydroxyl groups is 1. The summed E-state index contributed by atoms with van der Waals surface area (Å²) >= 11 is 0.692. The van der Waals surface area contributed by atoms with E-state index in [1.807, 2.05) is 69.6 Å². The Kier molecular flexibility index (Phi) is 30.5. The van der Waals surface area contributed by atoms with Crippen LogP contribution in [0.2, 0.25) is 0 Å². The monoisotopic (exact) mass is 1920 g/mol. The number of fused-ring (bicyclic) bond motifs is 10. The van der Waals surface area contributed by atoms with Crippen molar-refractivity contribution in [3.05, 3.63) is 370 Å². The molecule has 5 aliphatic carbocycles. The summed E-state index contributed by atoms with van der Waals surface area (Å²) in [6.45, 7) is 6.19. The van der Waals surface area contributed by atoms with Crippen molar-refractivity contribution in [3.8, 4) is 11.5 Å². The van der Waals surface area contributed by atoms with Crippen molar-refractivity contribution in [2.24, 2.45) is 0 Å². The van der Waals surface area contributed by atoms with Crippen LogP contribution in [0.5, 0.6) is 11.5 Å². The number of rotatable bonds is 17. The number of hydrogen-bond donors (Lipinski definition) is 15. The summed E-state index contributed by atoms with van der Waals surface area (Å²) in [5, 5.41) is 35.0. The molecule has 0 aliphatic heterocycles. The zero-order valence-electron chi connectivity index (χ0n) is 75.6. The smallest absolute Gasteiger partial charge is 0.744 e. The van der Waals surface area contributed by atoms with Gasteiger partial charge in [0.2, 0.25) is 0 Å². The Morgan fingerprint density at radius 3 is 1.14 bits per heavy atom. The summed E-state index contributed by atoms with van der Waals surface area (Å²) in [6.07, 6.45) is 0. The molecule has 14 aromatic carbocycles. The molecule has 5 aliphatic rings. The first-order chi connectivity index (χ1) is 65.4. The van der Waals surface area contributed by atoms with Gasteiger partial charge in [-0.2, -0.15) is 4.33 Å². The maximum Gasteiger partial charge on any atom is 1.00 e. The van der Waals surface area contributed by atoms with Crippen molar-refractivity contribution in [2.45, 2.75) is 37.1 Å². The van der Waals surface area contributed by atoms with Gasteiger partial charge in [-0.15, -0.1) is 0 Å². The fraction of sp³-hybridized carbons (Fsp3) is 0.0784. The molecular weight excluding hydrogens is 1830 g/mol. The number of ether oxygens (including phenoxy) is 1. The summed E-state index contributed by atoms with van der Waals surface area (Å²) in [6, 6.07) is 65.1. The molecule has 0 saturated carbocycles. The molecule has 0 radical (unpaired) electrons. The van der Waals surface area contributed by atoms with Gasteiger partial charge in [0.05, 0.1) is 146 Å². The van der Waals surface area contributed by atoms with Crippen LogP contribution in [0.15, 0.2) is 246 Å². The van der Waals surface area contributed by atoms with E-state index in [1.165, 1.54) is 78.4 Å². The number of aliphatic hydroxyl groups excluding tert-OH is 1. The molecule has 37 heteroatoms. The van der Waals surface area contributed by atoms with Gasteiger partial charge in [0.1, 0.15) is 15.9 Å². The third kappa shape index (κ3) is 19.7. The second kappa shape index (κ2) is 41.8. The maximum absolute atomic E-state index is 13.8. The van der Waals surface area contributed by atoms with Crippen LogP contribution in [-0.4, -0.2) is 108 Å². The third-order valence-electron chi connectivity index (χ3n) is 23.0. The van der Waals surface area contributed by atoms with Crippen molar-refractivity contribution < 1.29 is 145 Å². The molecular formula is C102H85N15Na2O18S2. The molecule has 0 aromatic heterocycles. The summed E-state index contributed by atoms with van der Waals surface area (Å²) < 4.78 is 46.1. The van der Waals surface area contributed by atoms with Crippen LogP contribution >= 0.6 is 12.0 Å². The van der Waals surface area contributed by atoms with Crippen LogP contribution < -0.4 is 148 Å². The number of nitrogens with zero attached hydrogens (tertiary/aromatic N) is 1. The number of aryl methyl sites for hydroxylation is 2. The first kappa shape index (κ1) is 101. The van der Waals surface area contributed by atoms with Crippen molar-refractivity contribution in [3.63, 3.8) is 0 Å². The van der Waals surface area contributed by atoms with E-state index in [9.17, 15) is 66.2 Å². The Bertz CT molecular complexity index is 7510. The Balaban J connectivity index is 0.000000149. The second-order valence-corrected chi connectivity index (χ2v) is 34.4. The van der Waals surface area contributed by atoms with Gasteiger partial charge in [0, 0.05) is 109 Å². The van der Waals surface area contributed by atoms with Crippen molar-refractivity contribution >= 4 is 177 Å². The summed E-state index contributed by atoms with van der Waals surface area (Å²) in [7, 11) is -0.784. The number of hydrogen-bond acceptors (Lipinski definition) is 34. The van der Waals surface area contributed by atoms with Gasteiger partial charge in [-0.05, 0) is 173 Å². The predicted molar refractivity (Wildman–Crippen MR) is 522 cm³/mol. The van der Waals surface area contributed by atoms with Gasteiger partial charge in [-0.25, -0.2) is 8.42 Å². The number of carbonyl (C=O) groups is 10. The van der Waals surface area contributed by atoms with E-state index < -0.39 is 49.7 Å². The van der Waals surface area contributed by atoms with E-state index in [2.05, 4.69) is 35.5 Å².